The summed E-state index contributed by atoms with van der Waals surface area (Å²) in [6, 6.07) is 13.3. The molecule has 7 heteroatoms. The third kappa shape index (κ3) is 4.78. The van der Waals surface area contributed by atoms with E-state index in [9.17, 15) is 14.7 Å². The number of carbonyl (C=O) groups is 2. The van der Waals surface area contributed by atoms with Crippen LogP contribution >= 0.6 is 22.7 Å². The molecule has 0 bridgehead atoms. The smallest absolute Gasteiger partial charge is 0.309 e. The highest BCUT2D eigenvalue weighted by Crippen LogP contribution is 2.23. The Kier molecular flexibility index (Phi) is 6.17. The summed E-state index contributed by atoms with van der Waals surface area (Å²) in [7, 11) is 0. The molecular formula is C19H18N2O3S2. The van der Waals surface area contributed by atoms with E-state index in [1.54, 1.807) is 11.3 Å². The zero-order chi connectivity index (χ0) is 18.4. The fourth-order valence-electron chi connectivity index (χ4n) is 2.37. The lowest BCUT2D eigenvalue weighted by molar-refractivity contribution is -0.139. The Morgan fingerprint density at radius 2 is 1.73 bits per heavy atom. The van der Waals surface area contributed by atoms with Crippen molar-refractivity contribution in [2.45, 2.75) is 12.6 Å². The van der Waals surface area contributed by atoms with Crippen molar-refractivity contribution in [2.75, 3.05) is 6.54 Å². The van der Waals surface area contributed by atoms with E-state index >= 15 is 0 Å². The Labute approximate surface area is 159 Å². The van der Waals surface area contributed by atoms with Crippen LogP contribution in [-0.2, 0) is 16.1 Å². The van der Waals surface area contributed by atoms with Gasteiger partial charge in [-0.25, -0.2) is 0 Å². The van der Waals surface area contributed by atoms with Crippen molar-refractivity contribution < 1.29 is 14.7 Å². The van der Waals surface area contributed by atoms with Gasteiger partial charge < -0.3 is 15.7 Å². The highest BCUT2D eigenvalue weighted by atomic mass is 32.1. The maximum absolute atomic E-state index is 11.8. The van der Waals surface area contributed by atoms with Gasteiger partial charge in [0.25, 0.3) is 0 Å². The first-order valence-corrected chi connectivity index (χ1v) is 9.85. The molecule has 0 saturated heterocycles. The molecule has 5 nitrogen and oxygen atoms in total. The van der Waals surface area contributed by atoms with Crippen LogP contribution in [0.5, 0.6) is 0 Å². The Morgan fingerprint density at radius 1 is 0.962 bits per heavy atom. The molecule has 134 valence electrons. The monoisotopic (exact) mass is 386 g/mol. The first kappa shape index (κ1) is 18.3. The first-order valence-electron chi connectivity index (χ1n) is 8.02. The Balaban J connectivity index is 1.47. The molecule has 3 aromatic rings. The number of amides is 2. The number of hydrogen-bond acceptors (Lipinski definition) is 5. The van der Waals surface area contributed by atoms with Crippen LogP contribution in [0.3, 0.4) is 0 Å². The highest BCUT2D eigenvalue weighted by Gasteiger charge is 2.15. The molecule has 26 heavy (non-hydrogen) atoms. The van der Waals surface area contributed by atoms with Gasteiger partial charge in [0.15, 0.2) is 0 Å². The molecule has 0 unspecified atom stereocenters. The van der Waals surface area contributed by atoms with Gasteiger partial charge in [0.05, 0.1) is 12.6 Å². The van der Waals surface area contributed by atoms with Gasteiger partial charge in [-0.15, -0.1) is 11.3 Å². The lowest BCUT2D eigenvalue weighted by atomic mass is 10.0. The van der Waals surface area contributed by atoms with E-state index in [2.05, 4.69) is 16.0 Å². The van der Waals surface area contributed by atoms with Crippen molar-refractivity contribution in [1.82, 2.24) is 10.6 Å². The fraction of sp³-hybridized carbons (Fsp3) is 0.158. The van der Waals surface area contributed by atoms with Crippen LogP contribution in [0.2, 0.25) is 0 Å². The molecule has 0 saturated carbocycles. The van der Waals surface area contributed by atoms with Gasteiger partial charge in [0, 0.05) is 11.4 Å². The number of thiophene rings is 2. The van der Waals surface area contributed by atoms with Crippen molar-refractivity contribution in [2.24, 2.45) is 0 Å². The van der Waals surface area contributed by atoms with E-state index in [4.69, 9.17) is 0 Å². The lowest BCUT2D eigenvalue weighted by Gasteiger charge is -2.12. The molecule has 1 atom stereocenters. The van der Waals surface area contributed by atoms with E-state index in [-0.39, 0.29) is 6.54 Å². The second kappa shape index (κ2) is 8.75. The largest absolute Gasteiger partial charge is 0.387 e. The minimum absolute atomic E-state index is 0.0247. The van der Waals surface area contributed by atoms with E-state index in [0.717, 1.165) is 16.0 Å². The number of nitrogens with one attached hydrogen (secondary N) is 2. The quantitative estimate of drug-likeness (QED) is 0.570. The van der Waals surface area contributed by atoms with Gasteiger partial charge in [0.1, 0.15) is 0 Å². The highest BCUT2D eigenvalue weighted by molar-refractivity contribution is 7.09. The second-order valence-electron chi connectivity index (χ2n) is 5.62. The van der Waals surface area contributed by atoms with Crippen molar-refractivity contribution in [3.8, 4) is 11.1 Å². The third-order valence-corrected chi connectivity index (χ3v) is 5.38. The third-order valence-electron chi connectivity index (χ3n) is 3.82. The maximum Gasteiger partial charge on any atom is 0.309 e. The normalized spacial score (nSPS) is 11.7. The number of carbonyl (C=O) groups excluding carboxylic acids is 2. The Hall–Kier alpha value is -2.48. The summed E-state index contributed by atoms with van der Waals surface area (Å²) in [6.07, 6.45) is -0.874. The maximum atomic E-state index is 11.8. The second-order valence-corrected chi connectivity index (χ2v) is 7.43. The SMILES string of the molecule is O=C(NCc1cccs1)C(=O)NC[C@@H](O)c1ccc(-c2ccsc2)cc1. The van der Waals surface area contributed by atoms with Crippen LogP contribution < -0.4 is 10.6 Å². The standard InChI is InChI=1S/C19H18N2O3S2/c22-17(14-5-3-13(4-6-14)15-7-9-25-12-15)11-21-19(24)18(23)20-10-16-2-1-8-26-16/h1-9,12,17,22H,10-11H2,(H,20,23)(H,21,24)/t17-/m1/s1. The molecule has 0 aliphatic carbocycles. The molecular weight excluding hydrogens is 368 g/mol. The van der Waals surface area contributed by atoms with Crippen molar-refractivity contribution >= 4 is 34.5 Å². The van der Waals surface area contributed by atoms with Gasteiger partial charge in [-0.2, -0.15) is 11.3 Å². The van der Waals surface area contributed by atoms with Gasteiger partial charge in [-0.05, 0) is 45.0 Å². The Morgan fingerprint density at radius 3 is 2.38 bits per heavy atom. The summed E-state index contributed by atoms with van der Waals surface area (Å²) < 4.78 is 0. The van der Waals surface area contributed by atoms with Gasteiger partial charge in [0.2, 0.25) is 0 Å². The topological polar surface area (TPSA) is 78.4 Å². The van der Waals surface area contributed by atoms with Crippen molar-refractivity contribution in [3.05, 3.63) is 69.0 Å². The summed E-state index contributed by atoms with van der Waals surface area (Å²) in [6.45, 7) is 0.291. The molecule has 0 aliphatic heterocycles. The summed E-state index contributed by atoms with van der Waals surface area (Å²) >= 11 is 3.13. The molecule has 2 aromatic heterocycles. The average molecular weight is 386 g/mol. The molecule has 0 aliphatic rings. The van der Waals surface area contributed by atoms with Crippen LogP contribution in [0.4, 0.5) is 0 Å². The zero-order valence-corrected chi connectivity index (χ0v) is 15.5. The van der Waals surface area contributed by atoms with Crippen LogP contribution in [-0.4, -0.2) is 23.5 Å². The molecule has 0 spiro atoms. The van der Waals surface area contributed by atoms with Crippen LogP contribution in [0, 0.1) is 0 Å². The summed E-state index contributed by atoms with van der Waals surface area (Å²) in [5.74, 6) is -1.46. The van der Waals surface area contributed by atoms with Gasteiger partial charge >= 0.3 is 11.8 Å². The van der Waals surface area contributed by atoms with Crippen molar-refractivity contribution in [1.29, 1.82) is 0 Å². The summed E-state index contributed by atoms with van der Waals surface area (Å²) in [5.41, 5.74) is 2.88. The van der Waals surface area contributed by atoms with Gasteiger partial charge in [-0.3, -0.25) is 9.59 Å². The molecule has 0 fully saturated rings. The van der Waals surface area contributed by atoms with Crippen LogP contribution in [0.15, 0.2) is 58.6 Å². The average Bonchev–Trinajstić information content (AvgIpc) is 3.37. The molecule has 3 N–H and O–H groups in total. The number of hydrogen-bond donors (Lipinski definition) is 3. The lowest BCUT2D eigenvalue weighted by Crippen LogP contribution is -2.41. The predicted octanol–water partition coefficient (Wildman–Crippen LogP) is 2.94. The minimum Gasteiger partial charge on any atom is -0.387 e. The minimum atomic E-state index is -0.874. The zero-order valence-electron chi connectivity index (χ0n) is 13.8. The van der Waals surface area contributed by atoms with E-state index in [0.29, 0.717) is 12.1 Å². The van der Waals surface area contributed by atoms with Gasteiger partial charge in [-0.1, -0.05) is 30.3 Å². The number of aliphatic hydroxyl groups is 1. The van der Waals surface area contributed by atoms with E-state index in [1.165, 1.54) is 11.3 Å². The fourth-order valence-corrected chi connectivity index (χ4v) is 3.68. The summed E-state index contributed by atoms with van der Waals surface area (Å²) in [5, 5.41) is 21.2. The van der Waals surface area contributed by atoms with E-state index in [1.807, 2.05) is 53.2 Å². The van der Waals surface area contributed by atoms with E-state index < -0.39 is 17.9 Å². The van der Waals surface area contributed by atoms with Crippen molar-refractivity contribution in [3.63, 3.8) is 0 Å². The van der Waals surface area contributed by atoms with Crippen LogP contribution in [0.25, 0.3) is 11.1 Å². The number of aliphatic hydroxyl groups excluding tert-OH is 1. The molecule has 3 rings (SSSR count). The first-order chi connectivity index (χ1) is 12.6. The Bertz CT molecular complexity index is 844. The number of benzene rings is 1. The molecule has 2 amide bonds. The molecule has 2 heterocycles. The predicted molar refractivity (Wildman–Crippen MR) is 104 cm³/mol. The van der Waals surface area contributed by atoms with Crippen LogP contribution in [0.1, 0.15) is 16.5 Å². The summed E-state index contributed by atoms with van der Waals surface area (Å²) in [4.78, 5) is 24.6. The number of rotatable bonds is 6. The molecule has 0 radical (unpaired) electrons. The molecule has 1 aromatic carbocycles.